The lowest BCUT2D eigenvalue weighted by molar-refractivity contribution is 0.102. The minimum Gasteiger partial charge on any atom is -0.436 e. The van der Waals surface area contributed by atoms with Crippen molar-refractivity contribution in [1.82, 2.24) is 4.98 Å². The topological polar surface area (TPSA) is 55.1 Å². The van der Waals surface area contributed by atoms with Crippen LogP contribution >= 0.6 is 0 Å². The van der Waals surface area contributed by atoms with E-state index >= 15 is 0 Å². The minimum absolute atomic E-state index is 0.134. The van der Waals surface area contributed by atoms with Crippen LogP contribution < -0.4 is 5.32 Å². The van der Waals surface area contributed by atoms with Crippen LogP contribution in [0.4, 0.5) is 5.69 Å². The van der Waals surface area contributed by atoms with Crippen molar-refractivity contribution in [3.05, 3.63) is 83.9 Å². The Balaban J connectivity index is 1.56. The van der Waals surface area contributed by atoms with Crippen LogP contribution in [0.15, 0.2) is 77.2 Å². The predicted octanol–water partition coefficient (Wildman–Crippen LogP) is 5.06. The molecule has 0 bridgehead atoms. The monoisotopic (exact) mass is 328 g/mol. The Morgan fingerprint density at radius 1 is 0.960 bits per heavy atom. The molecule has 0 radical (unpaired) electrons. The van der Waals surface area contributed by atoms with Crippen LogP contribution in [0.3, 0.4) is 0 Å². The third kappa shape index (κ3) is 3.15. The van der Waals surface area contributed by atoms with Crippen molar-refractivity contribution >= 4 is 22.7 Å². The molecule has 1 aromatic heterocycles. The second kappa shape index (κ2) is 6.24. The van der Waals surface area contributed by atoms with Gasteiger partial charge in [-0.15, -0.1) is 0 Å². The number of amides is 1. The number of oxazole rings is 1. The van der Waals surface area contributed by atoms with E-state index in [1.54, 1.807) is 12.1 Å². The molecule has 1 amide bonds. The number of hydrogen-bond acceptors (Lipinski definition) is 3. The Morgan fingerprint density at radius 2 is 1.72 bits per heavy atom. The van der Waals surface area contributed by atoms with Gasteiger partial charge in [-0.25, -0.2) is 4.98 Å². The van der Waals surface area contributed by atoms with Crippen LogP contribution in [0.25, 0.3) is 22.6 Å². The summed E-state index contributed by atoms with van der Waals surface area (Å²) >= 11 is 0. The Morgan fingerprint density at radius 3 is 2.48 bits per heavy atom. The number of carbonyl (C=O) groups is 1. The highest BCUT2D eigenvalue weighted by atomic mass is 16.3. The first-order chi connectivity index (χ1) is 12.2. The number of nitrogens with zero attached hydrogens (tertiary/aromatic N) is 1. The maximum absolute atomic E-state index is 12.2. The summed E-state index contributed by atoms with van der Waals surface area (Å²) in [4.78, 5) is 16.7. The largest absolute Gasteiger partial charge is 0.436 e. The first-order valence-corrected chi connectivity index (χ1v) is 8.03. The number of rotatable bonds is 3. The zero-order valence-electron chi connectivity index (χ0n) is 13.7. The molecule has 0 unspecified atom stereocenters. The van der Waals surface area contributed by atoms with Crippen LogP contribution in [-0.2, 0) is 0 Å². The summed E-state index contributed by atoms with van der Waals surface area (Å²) in [5.41, 5.74) is 4.96. The molecule has 1 N–H and O–H groups in total. The molecule has 0 fully saturated rings. The van der Waals surface area contributed by atoms with Gasteiger partial charge in [0.15, 0.2) is 5.58 Å². The lowest BCUT2D eigenvalue weighted by Gasteiger charge is -2.05. The molecule has 122 valence electrons. The fourth-order valence-corrected chi connectivity index (χ4v) is 2.64. The molecule has 0 atom stereocenters. The molecule has 4 nitrogen and oxygen atoms in total. The lowest BCUT2D eigenvalue weighted by atomic mass is 10.2. The number of hydrogen-bond donors (Lipinski definition) is 1. The number of carbonyl (C=O) groups excluding carboxylic acids is 1. The maximum Gasteiger partial charge on any atom is 0.255 e. The van der Waals surface area contributed by atoms with Gasteiger partial charge >= 0.3 is 0 Å². The molecule has 0 saturated heterocycles. The number of nitrogens with one attached hydrogen (secondary N) is 1. The molecule has 3 aromatic carbocycles. The van der Waals surface area contributed by atoms with E-state index in [-0.39, 0.29) is 5.91 Å². The van der Waals surface area contributed by atoms with Crippen LogP contribution in [0, 0.1) is 6.92 Å². The summed E-state index contributed by atoms with van der Waals surface area (Å²) in [7, 11) is 0. The smallest absolute Gasteiger partial charge is 0.255 e. The van der Waals surface area contributed by atoms with E-state index in [0.29, 0.717) is 11.5 Å². The highest BCUT2D eigenvalue weighted by Gasteiger charge is 2.09. The molecule has 0 saturated carbocycles. The second-order valence-corrected chi connectivity index (χ2v) is 5.89. The average molecular weight is 328 g/mol. The molecule has 1 heterocycles. The average Bonchev–Trinajstić information content (AvgIpc) is 3.06. The summed E-state index contributed by atoms with van der Waals surface area (Å²) in [6.07, 6.45) is 0. The molecule has 25 heavy (non-hydrogen) atoms. The first kappa shape index (κ1) is 15.1. The Kier molecular flexibility index (Phi) is 3.78. The minimum atomic E-state index is -0.134. The summed E-state index contributed by atoms with van der Waals surface area (Å²) in [6.45, 7) is 2.02. The van der Waals surface area contributed by atoms with Crippen molar-refractivity contribution in [2.45, 2.75) is 6.92 Å². The van der Waals surface area contributed by atoms with Crippen molar-refractivity contribution in [2.75, 3.05) is 5.32 Å². The highest BCUT2D eigenvalue weighted by Crippen LogP contribution is 2.26. The van der Waals surface area contributed by atoms with E-state index in [1.807, 2.05) is 67.6 Å². The SMILES string of the molecule is Cc1ccc2nc(-c3ccc(NC(=O)c4ccccc4)cc3)oc2c1. The normalized spacial score (nSPS) is 10.8. The molecular weight excluding hydrogens is 312 g/mol. The van der Waals surface area contributed by atoms with E-state index in [1.165, 1.54) is 0 Å². The molecule has 0 aliphatic heterocycles. The van der Waals surface area contributed by atoms with Gasteiger partial charge in [-0.1, -0.05) is 24.3 Å². The quantitative estimate of drug-likeness (QED) is 0.572. The van der Waals surface area contributed by atoms with Gasteiger partial charge in [-0.3, -0.25) is 4.79 Å². The van der Waals surface area contributed by atoms with Gasteiger partial charge < -0.3 is 9.73 Å². The van der Waals surface area contributed by atoms with Crippen LogP contribution in [0.1, 0.15) is 15.9 Å². The second-order valence-electron chi connectivity index (χ2n) is 5.89. The van der Waals surface area contributed by atoms with Gasteiger partial charge in [0.05, 0.1) is 0 Å². The van der Waals surface area contributed by atoms with Gasteiger partial charge in [0.1, 0.15) is 5.52 Å². The molecule has 4 heteroatoms. The van der Waals surface area contributed by atoms with Gasteiger partial charge in [-0.05, 0) is 61.0 Å². The van der Waals surface area contributed by atoms with E-state index in [9.17, 15) is 4.79 Å². The molecule has 4 rings (SSSR count). The molecule has 0 spiro atoms. The molecule has 0 aliphatic carbocycles. The zero-order valence-corrected chi connectivity index (χ0v) is 13.7. The highest BCUT2D eigenvalue weighted by molar-refractivity contribution is 6.04. The summed E-state index contributed by atoms with van der Waals surface area (Å²) in [5, 5.41) is 2.88. The number of aryl methyl sites for hydroxylation is 1. The number of benzene rings is 3. The van der Waals surface area contributed by atoms with Crippen molar-refractivity contribution in [3.63, 3.8) is 0 Å². The van der Waals surface area contributed by atoms with E-state index in [0.717, 1.165) is 27.9 Å². The first-order valence-electron chi connectivity index (χ1n) is 8.03. The van der Waals surface area contributed by atoms with Crippen LogP contribution in [0.5, 0.6) is 0 Å². The van der Waals surface area contributed by atoms with E-state index in [4.69, 9.17) is 4.42 Å². The van der Waals surface area contributed by atoms with Crippen molar-refractivity contribution in [1.29, 1.82) is 0 Å². The van der Waals surface area contributed by atoms with Gasteiger partial charge in [0.25, 0.3) is 5.91 Å². The fraction of sp³-hybridized carbons (Fsp3) is 0.0476. The third-order valence-electron chi connectivity index (χ3n) is 3.97. The van der Waals surface area contributed by atoms with Crippen molar-refractivity contribution in [3.8, 4) is 11.5 Å². The van der Waals surface area contributed by atoms with E-state index in [2.05, 4.69) is 10.3 Å². The Hall–Kier alpha value is -3.40. The van der Waals surface area contributed by atoms with E-state index < -0.39 is 0 Å². The van der Waals surface area contributed by atoms with Crippen LogP contribution in [-0.4, -0.2) is 10.9 Å². The van der Waals surface area contributed by atoms with Gasteiger partial charge in [0.2, 0.25) is 5.89 Å². The number of aromatic nitrogens is 1. The molecule has 4 aromatic rings. The third-order valence-corrected chi connectivity index (χ3v) is 3.97. The summed E-state index contributed by atoms with van der Waals surface area (Å²) in [5.74, 6) is 0.437. The standard InChI is InChI=1S/C21H16N2O2/c1-14-7-12-18-19(13-14)25-21(23-18)16-8-10-17(11-9-16)22-20(24)15-5-3-2-4-6-15/h2-13H,1H3,(H,22,24). The predicted molar refractivity (Wildman–Crippen MR) is 98.6 cm³/mol. The summed E-state index contributed by atoms with van der Waals surface area (Å²) < 4.78 is 5.83. The number of anilines is 1. The molecular formula is C21H16N2O2. The zero-order chi connectivity index (χ0) is 17.2. The summed E-state index contributed by atoms with van der Waals surface area (Å²) in [6, 6.07) is 22.5. The maximum atomic E-state index is 12.2. The lowest BCUT2D eigenvalue weighted by Crippen LogP contribution is -2.11. The van der Waals surface area contributed by atoms with Crippen molar-refractivity contribution in [2.24, 2.45) is 0 Å². The fourth-order valence-electron chi connectivity index (χ4n) is 2.64. The molecule has 0 aliphatic rings. The Bertz CT molecular complexity index is 1030. The van der Waals surface area contributed by atoms with Crippen molar-refractivity contribution < 1.29 is 9.21 Å². The van der Waals surface area contributed by atoms with Gasteiger partial charge in [-0.2, -0.15) is 0 Å². The number of fused-ring (bicyclic) bond motifs is 1. The van der Waals surface area contributed by atoms with Gasteiger partial charge in [0, 0.05) is 16.8 Å². The Labute approximate surface area is 145 Å². The van der Waals surface area contributed by atoms with Crippen LogP contribution in [0.2, 0.25) is 0 Å².